The van der Waals surface area contributed by atoms with Crippen molar-refractivity contribution in [3.63, 3.8) is 0 Å². The summed E-state index contributed by atoms with van der Waals surface area (Å²) in [5.74, 6) is 0. The predicted molar refractivity (Wildman–Crippen MR) is 79.8 cm³/mol. The summed E-state index contributed by atoms with van der Waals surface area (Å²) in [6, 6.07) is 3.50. The fourth-order valence-electron chi connectivity index (χ4n) is 1.45. The Morgan fingerprint density at radius 3 is 2.70 bits per heavy atom. The Labute approximate surface area is 124 Å². The highest BCUT2D eigenvalue weighted by molar-refractivity contribution is 7.91. The van der Waals surface area contributed by atoms with Crippen molar-refractivity contribution in [1.29, 1.82) is 0 Å². The van der Waals surface area contributed by atoms with Crippen LogP contribution in [0.2, 0.25) is 0 Å². The van der Waals surface area contributed by atoms with Gasteiger partial charge in [-0.05, 0) is 32.1 Å². The van der Waals surface area contributed by atoms with E-state index in [4.69, 9.17) is 9.47 Å². The first-order chi connectivity index (χ1) is 9.60. The lowest BCUT2D eigenvalue weighted by atomic mass is 10.3. The van der Waals surface area contributed by atoms with Gasteiger partial charge >= 0.3 is 0 Å². The number of likely N-dealkylation sites (N-methyl/N-ethyl adjacent to an activating group) is 1. The van der Waals surface area contributed by atoms with Crippen LogP contribution in [-0.4, -0.2) is 55.5 Å². The number of hydrogen-bond donors (Lipinski definition) is 2. The van der Waals surface area contributed by atoms with E-state index in [0.717, 1.165) is 17.8 Å². The van der Waals surface area contributed by atoms with Gasteiger partial charge in [0.05, 0.1) is 19.8 Å². The second kappa shape index (κ2) is 9.43. The van der Waals surface area contributed by atoms with Crippen LogP contribution in [0.15, 0.2) is 16.3 Å². The summed E-state index contributed by atoms with van der Waals surface area (Å²) in [6.07, 6.45) is 0.830. The molecule has 1 aromatic rings. The largest absolute Gasteiger partial charge is 0.382 e. The lowest BCUT2D eigenvalue weighted by Crippen LogP contribution is -2.27. The summed E-state index contributed by atoms with van der Waals surface area (Å²) in [4.78, 5) is 1.05. The van der Waals surface area contributed by atoms with E-state index in [9.17, 15) is 8.42 Å². The molecular weight excluding hydrogens is 300 g/mol. The van der Waals surface area contributed by atoms with Crippen LogP contribution in [0.4, 0.5) is 0 Å². The third kappa shape index (κ3) is 6.29. The second-order valence-electron chi connectivity index (χ2n) is 4.08. The molecule has 0 saturated heterocycles. The van der Waals surface area contributed by atoms with E-state index in [0.29, 0.717) is 24.0 Å². The summed E-state index contributed by atoms with van der Waals surface area (Å²) >= 11 is 1.30. The topological polar surface area (TPSA) is 76.7 Å². The minimum atomic E-state index is -3.42. The number of hydrogen-bond acceptors (Lipinski definition) is 6. The van der Waals surface area contributed by atoms with Gasteiger partial charge in [-0.15, -0.1) is 11.3 Å². The van der Waals surface area contributed by atoms with Crippen LogP contribution < -0.4 is 10.0 Å². The molecule has 0 aromatic carbocycles. The number of ether oxygens (including phenoxy) is 2. The first-order valence-electron chi connectivity index (χ1n) is 6.40. The van der Waals surface area contributed by atoms with Gasteiger partial charge in [0.2, 0.25) is 10.0 Å². The van der Waals surface area contributed by atoms with Crippen molar-refractivity contribution in [3.8, 4) is 0 Å². The summed E-state index contributed by atoms with van der Waals surface area (Å²) < 4.78 is 36.9. The average molecular weight is 322 g/mol. The molecule has 0 bridgehead atoms. The van der Waals surface area contributed by atoms with Crippen LogP contribution in [0.25, 0.3) is 0 Å². The molecule has 2 N–H and O–H groups in total. The zero-order valence-electron chi connectivity index (χ0n) is 11.8. The van der Waals surface area contributed by atoms with Crippen LogP contribution in [0, 0.1) is 0 Å². The van der Waals surface area contributed by atoms with Crippen molar-refractivity contribution in [2.75, 3.05) is 47.1 Å². The van der Waals surface area contributed by atoms with Crippen LogP contribution in [-0.2, 0) is 25.9 Å². The lowest BCUT2D eigenvalue weighted by Gasteiger charge is -2.05. The maximum absolute atomic E-state index is 12.0. The molecule has 0 unspecified atom stereocenters. The van der Waals surface area contributed by atoms with Crippen molar-refractivity contribution in [3.05, 3.63) is 17.0 Å². The molecule has 20 heavy (non-hydrogen) atoms. The molecule has 0 aliphatic rings. The molecule has 116 valence electrons. The Morgan fingerprint density at radius 1 is 1.20 bits per heavy atom. The highest BCUT2D eigenvalue weighted by Gasteiger charge is 2.15. The lowest BCUT2D eigenvalue weighted by molar-refractivity contribution is 0.0736. The highest BCUT2D eigenvalue weighted by Crippen LogP contribution is 2.21. The number of thiophene rings is 1. The third-order valence-corrected chi connectivity index (χ3v) is 5.59. The van der Waals surface area contributed by atoms with Crippen LogP contribution in [0.1, 0.15) is 4.88 Å². The minimum absolute atomic E-state index is 0.260. The molecule has 6 nitrogen and oxygen atoms in total. The molecule has 0 aliphatic carbocycles. The van der Waals surface area contributed by atoms with Gasteiger partial charge in [0.15, 0.2) is 0 Å². The normalized spacial score (nSPS) is 11.9. The monoisotopic (exact) mass is 322 g/mol. The van der Waals surface area contributed by atoms with Gasteiger partial charge in [-0.3, -0.25) is 0 Å². The standard InChI is InChI=1S/C12H22N2O4S2/c1-13-6-5-11-3-4-12(19-11)20(15,16)14-7-8-18-10-9-17-2/h3-4,13-14H,5-10H2,1-2H3. The molecule has 0 fully saturated rings. The van der Waals surface area contributed by atoms with Crippen molar-refractivity contribution in [1.82, 2.24) is 10.0 Å². The zero-order chi connectivity index (χ0) is 14.8. The SMILES string of the molecule is CNCCc1ccc(S(=O)(=O)NCCOCCOC)s1. The van der Waals surface area contributed by atoms with Crippen LogP contribution in [0.5, 0.6) is 0 Å². The summed E-state index contributed by atoms with van der Waals surface area (Å²) in [5, 5.41) is 3.04. The maximum Gasteiger partial charge on any atom is 0.250 e. The molecule has 0 radical (unpaired) electrons. The van der Waals surface area contributed by atoms with E-state index in [-0.39, 0.29) is 6.54 Å². The Balaban J connectivity index is 2.38. The molecule has 0 aliphatic heterocycles. The zero-order valence-corrected chi connectivity index (χ0v) is 13.5. The number of methoxy groups -OCH3 is 1. The number of rotatable bonds is 11. The first-order valence-corrected chi connectivity index (χ1v) is 8.70. The van der Waals surface area contributed by atoms with E-state index in [1.165, 1.54) is 11.3 Å². The minimum Gasteiger partial charge on any atom is -0.382 e. The van der Waals surface area contributed by atoms with Gasteiger partial charge in [-0.1, -0.05) is 0 Å². The second-order valence-corrected chi connectivity index (χ2v) is 7.24. The van der Waals surface area contributed by atoms with E-state index in [1.807, 2.05) is 13.1 Å². The molecule has 0 atom stereocenters. The van der Waals surface area contributed by atoms with Gasteiger partial charge in [0, 0.05) is 18.5 Å². The molecule has 1 aromatic heterocycles. The van der Waals surface area contributed by atoms with Crippen molar-refractivity contribution in [2.24, 2.45) is 0 Å². The van der Waals surface area contributed by atoms with Gasteiger partial charge in [-0.25, -0.2) is 13.1 Å². The molecule has 1 heterocycles. The van der Waals surface area contributed by atoms with Crippen molar-refractivity contribution >= 4 is 21.4 Å². The average Bonchev–Trinajstić information content (AvgIpc) is 2.90. The highest BCUT2D eigenvalue weighted by atomic mass is 32.2. The summed E-state index contributed by atoms with van der Waals surface area (Å²) in [5.41, 5.74) is 0. The van der Waals surface area contributed by atoms with Crippen LogP contribution >= 0.6 is 11.3 Å². The van der Waals surface area contributed by atoms with Gasteiger partial charge < -0.3 is 14.8 Å². The Kier molecular flexibility index (Phi) is 8.27. The molecule has 0 spiro atoms. The summed E-state index contributed by atoms with van der Waals surface area (Å²) in [6.45, 7) is 2.40. The molecule has 0 saturated carbocycles. The molecular formula is C12H22N2O4S2. The first kappa shape index (κ1) is 17.5. The molecule has 8 heteroatoms. The molecule has 1 rings (SSSR count). The van der Waals surface area contributed by atoms with E-state index >= 15 is 0 Å². The van der Waals surface area contributed by atoms with E-state index < -0.39 is 10.0 Å². The smallest absolute Gasteiger partial charge is 0.250 e. The Hall–Kier alpha value is -0.510. The number of sulfonamides is 1. The van der Waals surface area contributed by atoms with E-state index in [1.54, 1.807) is 13.2 Å². The fraction of sp³-hybridized carbons (Fsp3) is 0.667. The Bertz CT molecular complexity index is 474. The number of nitrogens with one attached hydrogen (secondary N) is 2. The van der Waals surface area contributed by atoms with Gasteiger partial charge in [-0.2, -0.15) is 0 Å². The summed E-state index contributed by atoms with van der Waals surface area (Å²) in [7, 11) is 0.0428. The van der Waals surface area contributed by atoms with Gasteiger partial charge in [0.1, 0.15) is 4.21 Å². The predicted octanol–water partition coefficient (Wildman–Crippen LogP) is 0.451. The van der Waals surface area contributed by atoms with Gasteiger partial charge in [0.25, 0.3) is 0 Å². The molecule has 0 amide bonds. The van der Waals surface area contributed by atoms with Crippen molar-refractivity contribution < 1.29 is 17.9 Å². The fourth-order valence-corrected chi connectivity index (χ4v) is 3.86. The van der Waals surface area contributed by atoms with E-state index in [2.05, 4.69) is 10.0 Å². The van der Waals surface area contributed by atoms with Crippen LogP contribution in [0.3, 0.4) is 0 Å². The maximum atomic E-state index is 12.0. The van der Waals surface area contributed by atoms with Crippen molar-refractivity contribution in [2.45, 2.75) is 10.6 Å². The quantitative estimate of drug-likeness (QED) is 0.579. The Morgan fingerprint density at radius 2 is 2.00 bits per heavy atom. The third-order valence-electron chi connectivity index (χ3n) is 2.49.